The van der Waals surface area contributed by atoms with Crippen molar-refractivity contribution < 1.29 is 5.11 Å². The lowest BCUT2D eigenvalue weighted by Gasteiger charge is -2.28. The fraction of sp³-hybridized carbons (Fsp3) is 0.250. The predicted octanol–water partition coefficient (Wildman–Crippen LogP) is 2.50. The molecule has 0 saturated carbocycles. The number of aliphatic hydroxyl groups is 1. The van der Waals surface area contributed by atoms with Crippen molar-refractivity contribution in [1.29, 1.82) is 0 Å². The third-order valence-corrected chi connectivity index (χ3v) is 3.29. The smallest absolute Gasteiger partial charge is 0.127 e. The van der Waals surface area contributed by atoms with E-state index in [2.05, 4.69) is 0 Å². The van der Waals surface area contributed by atoms with E-state index in [9.17, 15) is 5.11 Å². The van der Waals surface area contributed by atoms with E-state index in [4.69, 9.17) is 5.73 Å². The normalized spacial score (nSPS) is 11.6. The SMILES string of the molecule is Cc1cccc(C(O)(CN)c2cccc(C)c2)c1. The first kappa shape index (κ1) is 12.8. The van der Waals surface area contributed by atoms with Crippen LogP contribution in [0.1, 0.15) is 22.3 Å². The molecule has 2 heteroatoms. The highest BCUT2D eigenvalue weighted by Crippen LogP contribution is 2.29. The van der Waals surface area contributed by atoms with Crippen LogP contribution in [0.15, 0.2) is 48.5 Å². The first-order chi connectivity index (χ1) is 8.56. The van der Waals surface area contributed by atoms with Gasteiger partial charge in [0, 0.05) is 6.54 Å². The van der Waals surface area contributed by atoms with Crippen LogP contribution in [0.2, 0.25) is 0 Å². The monoisotopic (exact) mass is 241 g/mol. The van der Waals surface area contributed by atoms with E-state index in [0.29, 0.717) is 0 Å². The summed E-state index contributed by atoms with van der Waals surface area (Å²) < 4.78 is 0. The highest BCUT2D eigenvalue weighted by Gasteiger charge is 2.29. The van der Waals surface area contributed by atoms with Gasteiger partial charge in [-0.15, -0.1) is 0 Å². The van der Waals surface area contributed by atoms with Gasteiger partial charge < -0.3 is 10.8 Å². The Morgan fingerprint density at radius 3 is 1.72 bits per heavy atom. The first-order valence-corrected chi connectivity index (χ1v) is 6.13. The Hall–Kier alpha value is -1.64. The second kappa shape index (κ2) is 4.92. The average Bonchev–Trinajstić information content (AvgIpc) is 2.38. The van der Waals surface area contributed by atoms with Crippen LogP contribution in [0.4, 0.5) is 0 Å². The molecule has 0 unspecified atom stereocenters. The molecule has 2 nitrogen and oxygen atoms in total. The molecular weight excluding hydrogens is 222 g/mol. The zero-order valence-corrected chi connectivity index (χ0v) is 10.9. The van der Waals surface area contributed by atoms with Gasteiger partial charge in [-0.05, 0) is 25.0 Å². The molecule has 0 atom stereocenters. The molecule has 2 aromatic rings. The third kappa shape index (κ3) is 2.30. The zero-order valence-electron chi connectivity index (χ0n) is 10.9. The Morgan fingerprint density at radius 1 is 0.944 bits per heavy atom. The van der Waals surface area contributed by atoms with E-state index in [0.717, 1.165) is 22.3 Å². The molecule has 0 radical (unpaired) electrons. The molecule has 0 aliphatic rings. The molecule has 0 spiro atoms. The van der Waals surface area contributed by atoms with Crippen molar-refractivity contribution in [2.45, 2.75) is 19.4 Å². The number of benzene rings is 2. The summed E-state index contributed by atoms with van der Waals surface area (Å²) in [5.74, 6) is 0. The van der Waals surface area contributed by atoms with Gasteiger partial charge in [0.25, 0.3) is 0 Å². The molecule has 0 saturated heterocycles. The molecule has 0 heterocycles. The molecular formula is C16H19NO. The fourth-order valence-corrected chi connectivity index (χ4v) is 2.21. The molecule has 94 valence electrons. The Kier molecular flexibility index (Phi) is 3.50. The Labute approximate surface area is 108 Å². The lowest BCUT2D eigenvalue weighted by Crippen LogP contribution is -2.36. The second-order valence-corrected chi connectivity index (χ2v) is 4.80. The molecule has 2 rings (SSSR count). The van der Waals surface area contributed by atoms with Crippen LogP contribution in [-0.2, 0) is 5.60 Å². The summed E-state index contributed by atoms with van der Waals surface area (Å²) in [5, 5.41) is 10.9. The van der Waals surface area contributed by atoms with E-state index in [1.54, 1.807) is 0 Å². The average molecular weight is 241 g/mol. The quantitative estimate of drug-likeness (QED) is 0.867. The summed E-state index contributed by atoms with van der Waals surface area (Å²) >= 11 is 0. The van der Waals surface area contributed by atoms with Crippen LogP contribution < -0.4 is 5.73 Å². The molecule has 2 aromatic carbocycles. The maximum atomic E-state index is 10.9. The molecule has 0 bridgehead atoms. The van der Waals surface area contributed by atoms with Crippen molar-refractivity contribution in [1.82, 2.24) is 0 Å². The Bertz CT molecular complexity index is 503. The van der Waals surface area contributed by atoms with E-state index >= 15 is 0 Å². The molecule has 3 N–H and O–H groups in total. The summed E-state index contributed by atoms with van der Waals surface area (Å²) in [5.41, 5.74) is 8.63. The van der Waals surface area contributed by atoms with Crippen LogP contribution in [0.25, 0.3) is 0 Å². The van der Waals surface area contributed by atoms with Crippen molar-refractivity contribution in [2.75, 3.05) is 6.54 Å². The van der Waals surface area contributed by atoms with Gasteiger partial charge in [-0.3, -0.25) is 0 Å². The van der Waals surface area contributed by atoms with Crippen LogP contribution in [0, 0.1) is 13.8 Å². The molecule has 0 aromatic heterocycles. The van der Waals surface area contributed by atoms with Crippen LogP contribution in [0.3, 0.4) is 0 Å². The zero-order chi connectivity index (χ0) is 13.2. The van der Waals surface area contributed by atoms with Crippen LogP contribution in [-0.4, -0.2) is 11.7 Å². The van der Waals surface area contributed by atoms with E-state index < -0.39 is 5.60 Å². The molecule has 0 fully saturated rings. The Balaban J connectivity index is 2.54. The van der Waals surface area contributed by atoms with Gasteiger partial charge in [-0.25, -0.2) is 0 Å². The van der Waals surface area contributed by atoms with Crippen molar-refractivity contribution in [3.63, 3.8) is 0 Å². The maximum absolute atomic E-state index is 10.9. The van der Waals surface area contributed by atoms with E-state index in [1.165, 1.54) is 0 Å². The number of nitrogens with two attached hydrogens (primary N) is 1. The van der Waals surface area contributed by atoms with Crippen LogP contribution >= 0.6 is 0 Å². The minimum absolute atomic E-state index is 0.167. The van der Waals surface area contributed by atoms with Crippen LogP contribution in [0.5, 0.6) is 0 Å². The fourth-order valence-electron chi connectivity index (χ4n) is 2.21. The minimum atomic E-state index is -1.11. The summed E-state index contributed by atoms with van der Waals surface area (Å²) in [6, 6.07) is 15.7. The molecule has 0 aliphatic carbocycles. The molecule has 0 aliphatic heterocycles. The van der Waals surface area contributed by atoms with Crippen molar-refractivity contribution >= 4 is 0 Å². The highest BCUT2D eigenvalue weighted by atomic mass is 16.3. The van der Waals surface area contributed by atoms with Gasteiger partial charge in [0.2, 0.25) is 0 Å². The molecule has 0 amide bonds. The molecule has 18 heavy (non-hydrogen) atoms. The summed E-state index contributed by atoms with van der Waals surface area (Å²) in [6.45, 7) is 4.19. The van der Waals surface area contributed by atoms with Gasteiger partial charge >= 0.3 is 0 Å². The minimum Gasteiger partial charge on any atom is -0.379 e. The topological polar surface area (TPSA) is 46.2 Å². The predicted molar refractivity (Wildman–Crippen MR) is 74.4 cm³/mol. The van der Waals surface area contributed by atoms with Crippen molar-refractivity contribution in [2.24, 2.45) is 5.73 Å². The summed E-state index contributed by atoms with van der Waals surface area (Å²) in [4.78, 5) is 0. The lowest BCUT2D eigenvalue weighted by molar-refractivity contribution is 0.0901. The third-order valence-electron chi connectivity index (χ3n) is 3.29. The van der Waals surface area contributed by atoms with Gasteiger partial charge in [0.15, 0.2) is 0 Å². The standard InChI is InChI=1S/C16H19NO/c1-12-5-3-7-14(9-12)16(18,11-17)15-8-4-6-13(2)10-15/h3-10,18H,11,17H2,1-2H3. The lowest BCUT2D eigenvalue weighted by atomic mass is 9.85. The van der Waals surface area contributed by atoms with E-state index in [-0.39, 0.29) is 6.54 Å². The summed E-state index contributed by atoms with van der Waals surface area (Å²) in [7, 11) is 0. The second-order valence-electron chi connectivity index (χ2n) is 4.80. The maximum Gasteiger partial charge on any atom is 0.127 e. The van der Waals surface area contributed by atoms with Crippen molar-refractivity contribution in [3.8, 4) is 0 Å². The number of hydrogen-bond acceptors (Lipinski definition) is 2. The van der Waals surface area contributed by atoms with Gasteiger partial charge in [0.05, 0.1) is 0 Å². The largest absolute Gasteiger partial charge is 0.379 e. The highest BCUT2D eigenvalue weighted by molar-refractivity contribution is 5.39. The summed E-state index contributed by atoms with van der Waals surface area (Å²) in [6.07, 6.45) is 0. The van der Waals surface area contributed by atoms with E-state index in [1.807, 2.05) is 62.4 Å². The number of hydrogen-bond donors (Lipinski definition) is 2. The van der Waals surface area contributed by atoms with Crippen molar-refractivity contribution in [3.05, 3.63) is 70.8 Å². The van der Waals surface area contributed by atoms with Gasteiger partial charge in [0.1, 0.15) is 5.60 Å². The Morgan fingerprint density at radius 2 is 1.39 bits per heavy atom. The number of aryl methyl sites for hydroxylation is 2. The van der Waals surface area contributed by atoms with Gasteiger partial charge in [-0.1, -0.05) is 59.7 Å². The van der Waals surface area contributed by atoms with Gasteiger partial charge in [-0.2, -0.15) is 0 Å². The number of rotatable bonds is 3. The first-order valence-electron chi connectivity index (χ1n) is 6.13.